The van der Waals surface area contributed by atoms with E-state index in [1.165, 1.54) is 11.3 Å². The molecule has 1 aromatic carbocycles. The lowest BCUT2D eigenvalue weighted by molar-refractivity contribution is 0.0865. The van der Waals surface area contributed by atoms with Crippen LogP contribution in [-0.2, 0) is 6.42 Å². The van der Waals surface area contributed by atoms with Gasteiger partial charge in [0.1, 0.15) is 11.4 Å². The van der Waals surface area contributed by atoms with Crippen molar-refractivity contribution in [1.29, 1.82) is 0 Å². The van der Waals surface area contributed by atoms with Crippen LogP contribution in [0.3, 0.4) is 0 Å². The van der Waals surface area contributed by atoms with Gasteiger partial charge in [-0.15, -0.1) is 11.3 Å². The smallest absolute Gasteiger partial charge is 0.271 e. The van der Waals surface area contributed by atoms with Gasteiger partial charge in [-0.3, -0.25) is 4.79 Å². The number of methoxy groups -OCH3 is 1. The summed E-state index contributed by atoms with van der Waals surface area (Å²) < 4.78 is 5.13. The molecule has 1 amide bonds. The van der Waals surface area contributed by atoms with E-state index < -0.39 is 5.54 Å². The highest BCUT2D eigenvalue weighted by Crippen LogP contribution is 2.18. The molecule has 0 aliphatic carbocycles. The molecule has 0 unspecified atom stereocenters. The maximum absolute atomic E-state index is 12.1. The minimum atomic E-state index is -0.656. The number of aliphatic hydroxyl groups is 1. The average molecular weight is 320 g/mol. The van der Waals surface area contributed by atoms with Crippen LogP contribution < -0.4 is 10.1 Å². The van der Waals surface area contributed by atoms with Crippen molar-refractivity contribution >= 4 is 17.2 Å². The molecule has 5 nitrogen and oxygen atoms in total. The molecule has 1 heterocycles. The lowest BCUT2D eigenvalue weighted by Gasteiger charge is -2.22. The third-order valence-corrected chi connectivity index (χ3v) is 3.99. The number of hydrogen-bond acceptors (Lipinski definition) is 5. The van der Waals surface area contributed by atoms with Crippen molar-refractivity contribution in [3.8, 4) is 5.75 Å². The maximum atomic E-state index is 12.1. The molecule has 6 heteroatoms. The number of aliphatic hydroxyl groups excluding tert-OH is 1. The van der Waals surface area contributed by atoms with E-state index in [-0.39, 0.29) is 12.5 Å². The zero-order valence-corrected chi connectivity index (χ0v) is 13.7. The molecule has 2 rings (SSSR count). The van der Waals surface area contributed by atoms with Crippen molar-refractivity contribution in [3.05, 3.63) is 45.9 Å². The summed E-state index contributed by atoms with van der Waals surface area (Å²) >= 11 is 1.45. The van der Waals surface area contributed by atoms with Gasteiger partial charge in [0.2, 0.25) is 0 Å². The highest BCUT2D eigenvalue weighted by molar-refractivity contribution is 7.09. The van der Waals surface area contributed by atoms with Crippen LogP contribution in [0.5, 0.6) is 5.75 Å². The summed E-state index contributed by atoms with van der Waals surface area (Å²) in [6, 6.07) is 7.77. The standard InChI is InChI=1S/C16H20N2O3S/c1-16(2,10-19)18-15(20)13-9-22-14(17-13)8-11-4-6-12(21-3)7-5-11/h4-7,9,19H,8,10H2,1-3H3,(H,18,20). The molecule has 2 aromatic rings. The molecular weight excluding hydrogens is 300 g/mol. The number of carbonyl (C=O) groups is 1. The Hall–Kier alpha value is -1.92. The third kappa shape index (κ3) is 4.29. The van der Waals surface area contributed by atoms with Crippen molar-refractivity contribution in [2.45, 2.75) is 25.8 Å². The van der Waals surface area contributed by atoms with Crippen LogP contribution in [0.25, 0.3) is 0 Å². The Morgan fingerprint density at radius 3 is 2.64 bits per heavy atom. The monoisotopic (exact) mass is 320 g/mol. The Balaban J connectivity index is 2.03. The second-order valence-corrected chi connectivity index (χ2v) is 6.59. The van der Waals surface area contributed by atoms with Gasteiger partial charge in [-0.2, -0.15) is 0 Å². The predicted octanol–water partition coefficient (Wildman–Crippen LogP) is 2.24. The molecule has 0 radical (unpaired) electrons. The summed E-state index contributed by atoms with van der Waals surface area (Å²) in [6.07, 6.45) is 0.672. The van der Waals surface area contributed by atoms with Crippen LogP contribution in [0.15, 0.2) is 29.6 Å². The van der Waals surface area contributed by atoms with Gasteiger partial charge in [-0.25, -0.2) is 4.98 Å². The molecule has 0 fully saturated rings. The molecule has 0 atom stereocenters. The van der Waals surface area contributed by atoms with Gasteiger partial charge in [0.05, 0.1) is 24.3 Å². The van der Waals surface area contributed by atoms with Gasteiger partial charge in [-0.1, -0.05) is 12.1 Å². The SMILES string of the molecule is COc1ccc(Cc2nc(C(=O)NC(C)(C)CO)cs2)cc1. The molecule has 0 bridgehead atoms. The van der Waals surface area contributed by atoms with Crippen molar-refractivity contribution in [2.24, 2.45) is 0 Å². The van der Waals surface area contributed by atoms with E-state index in [0.717, 1.165) is 16.3 Å². The Bertz CT molecular complexity index is 635. The number of nitrogens with one attached hydrogen (secondary N) is 1. The zero-order chi connectivity index (χ0) is 16.2. The van der Waals surface area contributed by atoms with Crippen LogP contribution >= 0.6 is 11.3 Å². The van der Waals surface area contributed by atoms with E-state index in [0.29, 0.717) is 12.1 Å². The number of benzene rings is 1. The number of amides is 1. The van der Waals surface area contributed by atoms with Crippen molar-refractivity contribution in [3.63, 3.8) is 0 Å². The van der Waals surface area contributed by atoms with E-state index in [4.69, 9.17) is 4.74 Å². The number of aromatic nitrogens is 1. The van der Waals surface area contributed by atoms with Gasteiger partial charge in [0, 0.05) is 11.8 Å². The van der Waals surface area contributed by atoms with Crippen molar-refractivity contribution in [1.82, 2.24) is 10.3 Å². The second-order valence-electron chi connectivity index (χ2n) is 5.65. The fraction of sp³-hybridized carbons (Fsp3) is 0.375. The third-order valence-electron chi connectivity index (χ3n) is 3.15. The Kier molecular flexibility index (Phi) is 5.15. The Morgan fingerprint density at radius 1 is 1.36 bits per heavy atom. The summed E-state index contributed by atoms with van der Waals surface area (Å²) in [4.78, 5) is 16.4. The van der Waals surface area contributed by atoms with Gasteiger partial charge in [-0.05, 0) is 31.5 Å². The molecule has 0 spiro atoms. The molecule has 118 valence electrons. The van der Waals surface area contributed by atoms with Crippen molar-refractivity contribution < 1.29 is 14.6 Å². The molecule has 0 saturated carbocycles. The van der Waals surface area contributed by atoms with Gasteiger partial charge in [0.15, 0.2) is 0 Å². The molecule has 0 saturated heterocycles. The van der Waals surface area contributed by atoms with Crippen LogP contribution in [0.2, 0.25) is 0 Å². The first kappa shape index (κ1) is 16.5. The largest absolute Gasteiger partial charge is 0.497 e. The topological polar surface area (TPSA) is 71.5 Å². The first-order valence-corrected chi connectivity index (χ1v) is 7.82. The van der Waals surface area contributed by atoms with Gasteiger partial charge < -0.3 is 15.2 Å². The van der Waals surface area contributed by atoms with Crippen LogP contribution in [0, 0.1) is 0 Å². The molecule has 1 aromatic heterocycles. The number of thiazole rings is 1. The molecular formula is C16H20N2O3S. The van der Waals surface area contributed by atoms with Crippen LogP contribution in [-0.4, -0.2) is 35.3 Å². The number of carbonyl (C=O) groups excluding carboxylic acids is 1. The lowest BCUT2D eigenvalue weighted by atomic mass is 10.1. The number of hydrogen-bond donors (Lipinski definition) is 2. The summed E-state index contributed by atoms with van der Waals surface area (Å²) in [5.41, 5.74) is 0.837. The Morgan fingerprint density at radius 2 is 2.05 bits per heavy atom. The second kappa shape index (κ2) is 6.89. The molecule has 2 N–H and O–H groups in total. The van der Waals surface area contributed by atoms with Gasteiger partial charge >= 0.3 is 0 Å². The highest BCUT2D eigenvalue weighted by atomic mass is 32.1. The normalized spacial score (nSPS) is 11.3. The van der Waals surface area contributed by atoms with E-state index in [9.17, 15) is 9.90 Å². The zero-order valence-electron chi connectivity index (χ0n) is 12.9. The Labute approximate surface area is 134 Å². The van der Waals surface area contributed by atoms with Crippen LogP contribution in [0.1, 0.15) is 34.9 Å². The molecule has 0 aliphatic heterocycles. The molecule has 0 aliphatic rings. The van der Waals surface area contributed by atoms with E-state index in [2.05, 4.69) is 10.3 Å². The van der Waals surface area contributed by atoms with Gasteiger partial charge in [0.25, 0.3) is 5.91 Å². The minimum absolute atomic E-state index is 0.123. The highest BCUT2D eigenvalue weighted by Gasteiger charge is 2.21. The van der Waals surface area contributed by atoms with Crippen LogP contribution in [0.4, 0.5) is 0 Å². The van der Waals surface area contributed by atoms with E-state index in [1.54, 1.807) is 26.3 Å². The minimum Gasteiger partial charge on any atom is -0.497 e. The summed E-state index contributed by atoms with van der Waals surface area (Å²) in [5, 5.41) is 14.6. The summed E-state index contributed by atoms with van der Waals surface area (Å²) in [7, 11) is 1.63. The van der Waals surface area contributed by atoms with E-state index in [1.807, 2.05) is 24.3 Å². The number of ether oxygens (including phenoxy) is 1. The lowest BCUT2D eigenvalue weighted by Crippen LogP contribution is -2.46. The quantitative estimate of drug-likeness (QED) is 0.856. The van der Waals surface area contributed by atoms with E-state index >= 15 is 0 Å². The fourth-order valence-electron chi connectivity index (χ4n) is 1.83. The molecule has 22 heavy (non-hydrogen) atoms. The van der Waals surface area contributed by atoms with Crippen molar-refractivity contribution in [2.75, 3.05) is 13.7 Å². The average Bonchev–Trinajstić information content (AvgIpc) is 2.96. The number of rotatable bonds is 6. The maximum Gasteiger partial charge on any atom is 0.271 e. The first-order valence-electron chi connectivity index (χ1n) is 6.94. The first-order chi connectivity index (χ1) is 10.4. The predicted molar refractivity (Wildman–Crippen MR) is 86.5 cm³/mol. The summed E-state index contributed by atoms with van der Waals surface area (Å²) in [5.74, 6) is 0.547. The number of nitrogens with zero attached hydrogens (tertiary/aromatic N) is 1. The summed E-state index contributed by atoms with van der Waals surface area (Å²) in [6.45, 7) is 3.40. The fourth-order valence-corrected chi connectivity index (χ4v) is 2.63.